The maximum atomic E-state index is 11.9. The van der Waals surface area contributed by atoms with Gasteiger partial charge in [0.25, 0.3) is 0 Å². The van der Waals surface area contributed by atoms with E-state index in [1.165, 1.54) is 0 Å². The van der Waals surface area contributed by atoms with Gasteiger partial charge in [0.2, 0.25) is 0 Å². The van der Waals surface area contributed by atoms with Crippen LogP contribution in [0.3, 0.4) is 0 Å². The molecule has 23 heavy (non-hydrogen) atoms. The van der Waals surface area contributed by atoms with Crippen LogP contribution in [0, 0.1) is 0 Å². The second-order valence-electron chi connectivity index (χ2n) is 5.06. The Bertz CT molecular complexity index is 681. The Kier molecular flexibility index (Phi) is 5.19. The van der Waals surface area contributed by atoms with Crippen LogP contribution in [-0.2, 0) is 9.47 Å². The first-order valence-corrected chi connectivity index (χ1v) is 7.05. The van der Waals surface area contributed by atoms with Gasteiger partial charge in [-0.1, -0.05) is 0 Å². The zero-order valence-corrected chi connectivity index (χ0v) is 12.7. The number of esters is 2. The molecule has 2 aromatic rings. The van der Waals surface area contributed by atoms with Crippen LogP contribution in [0.2, 0.25) is 0 Å². The summed E-state index contributed by atoms with van der Waals surface area (Å²) in [4.78, 5) is 23.7. The minimum Gasteiger partial charge on any atom is -0.458 e. The summed E-state index contributed by atoms with van der Waals surface area (Å²) in [5, 5.41) is 0. The normalized spacial score (nSPS) is 11.5. The Morgan fingerprint density at radius 1 is 0.870 bits per heavy atom. The molecule has 120 valence electrons. The van der Waals surface area contributed by atoms with Crippen LogP contribution in [0.15, 0.2) is 48.5 Å². The van der Waals surface area contributed by atoms with Gasteiger partial charge >= 0.3 is 11.9 Å². The number of nitrogen functional groups attached to an aromatic ring is 2. The van der Waals surface area contributed by atoms with Gasteiger partial charge in [-0.3, -0.25) is 0 Å². The number of hydrogen-bond donors (Lipinski definition) is 2. The van der Waals surface area contributed by atoms with Crippen LogP contribution in [0.4, 0.5) is 11.4 Å². The van der Waals surface area contributed by atoms with Gasteiger partial charge in [0.1, 0.15) is 12.7 Å². The maximum absolute atomic E-state index is 11.9. The zero-order valence-electron chi connectivity index (χ0n) is 12.7. The number of rotatable bonds is 5. The summed E-state index contributed by atoms with van der Waals surface area (Å²) in [6.45, 7) is 1.61. The first-order chi connectivity index (χ1) is 11.0. The van der Waals surface area contributed by atoms with Crippen molar-refractivity contribution in [2.45, 2.75) is 13.0 Å². The number of anilines is 2. The molecule has 0 saturated carbocycles. The van der Waals surface area contributed by atoms with Crippen LogP contribution in [0.25, 0.3) is 0 Å². The second-order valence-corrected chi connectivity index (χ2v) is 5.06. The Morgan fingerprint density at radius 2 is 1.30 bits per heavy atom. The molecule has 0 aromatic heterocycles. The zero-order chi connectivity index (χ0) is 16.8. The van der Waals surface area contributed by atoms with Crippen LogP contribution >= 0.6 is 0 Å². The van der Waals surface area contributed by atoms with E-state index in [0.29, 0.717) is 22.5 Å². The molecule has 0 spiro atoms. The van der Waals surface area contributed by atoms with Gasteiger partial charge in [-0.2, -0.15) is 0 Å². The quantitative estimate of drug-likeness (QED) is 0.648. The lowest BCUT2D eigenvalue weighted by atomic mass is 10.2. The van der Waals surface area contributed by atoms with Crippen molar-refractivity contribution < 1.29 is 19.1 Å². The number of hydrogen-bond acceptors (Lipinski definition) is 6. The molecule has 0 saturated heterocycles. The third-order valence-corrected chi connectivity index (χ3v) is 3.05. The largest absolute Gasteiger partial charge is 0.458 e. The average Bonchev–Trinajstić information content (AvgIpc) is 2.54. The molecule has 1 atom stereocenters. The lowest BCUT2D eigenvalue weighted by molar-refractivity contribution is 0.00448. The predicted octanol–water partition coefficient (Wildman–Crippen LogP) is 2.25. The van der Waals surface area contributed by atoms with E-state index in [1.807, 2.05) is 0 Å². The van der Waals surface area contributed by atoms with Gasteiger partial charge in [0, 0.05) is 11.4 Å². The summed E-state index contributed by atoms with van der Waals surface area (Å²) >= 11 is 0. The SMILES string of the molecule is CC(COC(=O)c1ccc(N)cc1)OC(=O)c1ccc(N)cc1. The number of ether oxygens (including phenoxy) is 2. The van der Waals surface area contributed by atoms with Gasteiger partial charge in [-0.15, -0.1) is 0 Å². The fraction of sp³-hybridized carbons (Fsp3) is 0.176. The van der Waals surface area contributed by atoms with Gasteiger partial charge in [0.15, 0.2) is 0 Å². The summed E-state index contributed by atoms with van der Waals surface area (Å²) in [5.41, 5.74) is 13.0. The first-order valence-electron chi connectivity index (χ1n) is 7.05. The first kappa shape index (κ1) is 16.4. The molecule has 2 rings (SSSR count). The molecule has 4 N–H and O–H groups in total. The Labute approximate surface area is 134 Å². The van der Waals surface area contributed by atoms with E-state index in [0.717, 1.165) is 0 Å². The van der Waals surface area contributed by atoms with E-state index >= 15 is 0 Å². The van der Waals surface area contributed by atoms with Gasteiger partial charge < -0.3 is 20.9 Å². The van der Waals surface area contributed by atoms with Crippen LogP contribution < -0.4 is 11.5 Å². The highest BCUT2D eigenvalue weighted by Crippen LogP contribution is 2.10. The molecule has 1 unspecified atom stereocenters. The molecular formula is C17H18N2O4. The molecule has 0 bridgehead atoms. The van der Waals surface area contributed by atoms with E-state index in [2.05, 4.69) is 0 Å². The standard InChI is InChI=1S/C17H18N2O4/c1-11(23-17(21)13-4-8-15(19)9-5-13)10-22-16(20)12-2-6-14(18)7-3-12/h2-9,11H,10,18-19H2,1H3. The topological polar surface area (TPSA) is 105 Å². The summed E-state index contributed by atoms with van der Waals surface area (Å²) in [6.07, 6.45) is -0.571. The van der Waals surface area contributed by atoms with Crippen molar-refractivity contribution >= 4 is 23.3 Å². The summed E-state index contributed by atoms with van der Waals surface area (Å²) in [7, 11) is 0. The molecule has 0 radical (unpaired) electrons. The molecule has 0 fully saturated rings. The lowest BCUT2D eigenvalue weighted by Gasteiger charge is -2.13. The van der Waals surface area contributed by atoms with Gasteiger partial charge in [-0.05, 0) is 55.5 Å². The van der Waals surface area contributed by atoms with Crippen molar-refractivity contribution in [3.05, 3.63) is 59.7 Å². The predicted molar refractivity (Wildman–Crippen MR) is 86.9 cm³/mol. The van der Waals surface area contributed by atoms with Crippen molar-refractivity contribution in [2.24, 2.45) is 0 Å². The number of nitrogens with two attached hydrogens (primary N) is 2. The third-order valence-electron chi connectivity index (χ3n) is 3.05. The minimum atomic E-state index is -0.571. The summed E-state index contributed by atoms with van der Waals surface area (Å²) < 4.78 is 10.3. The Balaban J connectivity index is 1.83. The van der Waals surface area contributed by atoms with Crippen molar-refractivity contribution in [2.75, 3.05) is 18.1 Å². The van der Waals surface area contributed by atoms with Crippen molar-refractivity contribution in [3.63, 3.8) is 0 Å². The van der Waals surface area contributed by atoms with E-state index in [4.69, 9.17) is 20.9 Å². The summed E-state index contributed by atoms with van der Waals surface area (Å²) in [6, 6.07) is 12.7. The second kappa shape index (κ2) is 7.31. The molecule has 0 aliphatic rings. The number of benzene rings is 2. The van der Waals surface area contributed by atoms with Crippen molar-refractivity contribution in [1.29, 1.82) is 0 Å². The molecule has 0 aliphatic carbocycles. The van der Waals surface area contributed by atoms with Crippen molar-refractivity contribution in [3.8, 4) is 0 Å². The van der Waals surface area contributed by atoms with E-state index in [-0.39, 0.29) is 6.61 Å². The Hall–Kier alpha value is -3.02. The molecular weight excluding hydrogens is 296 g/mol. The maximum Gasteiger partial charge on any atom is 0.338 e. The lowest BCUT2D eigenvalue weighted by Crippen LogP contribution is -2.22. The monoisotopic (exact) mass is 314 g/mol. The molecule has 0 aliphatic heterocycles. The highest BCUT2D eigenvalue weighted by atomic mass is 16.6. The van der Waals surface area contributed by atoms with Gasteiger partial charge in [0.05, 0.1) is 11.1 Å². The van der Waals surface area contributed by atoms with E-state index in [1.54, 1.807) is 55.5 Å². The highest BCUT2D eigenvalue weighted by molar-refractivity contribution is 5.90. The van der Waals surface area contributed by atoms with Gasteiger partial charge in [-0.25, -0.2) is 9.59 Å². The molecule has 6 nitrogen and oxygen atoms in total. The highest BCUT2D eigenvalue weighted by Gasteiger charge is 2.14. The molecule has 2 aromatic carbocycles. The minimum absolute atomic E-state index is 0.0378. The number of carbonyl (C=O) groups is 2. The molecule has 0 heterocycles. The van der Waals surface area contributed by atoms with Crippen molar-refractivity contribution in [1.82, 2.24) is 0 Å². The fourth-order valence-corrected chi connectivity index (χ4v) is 1.80. The van der Waals surface area contributed by atoms with E-state index in [9.17, 15) is 9.59 Å². The summed E-state index contributed by atoms with van der Waals surface area (Å²) in [5.74, 6) is -0.999. The Morgan fingerprint density at radius 3 is 1.78 bits per heavy atom. The van der Waals surface area contributed by atoms with E-state index < -0.39 is 18.0 Å². The average molecular weight is 314 g/mol. The fourth-order valence-electron chi connectivity index (χ4n) is 1.80. The van der Waals surface area contributed by atoms with Crippen LogP contribution in [0.5, 0.6) is 0 Å². The number of carbonyl (C=O) groups excluding carboxylic acids is 2. The molecule has 6 heteroatoms. The third kappa shape index (κ3) is 4.74. The van der Waals surface area contributed by atoms with Crippen LogP contribution in [0.1, 0.15) is 27.6 Å². The molecule has 0 amide bonds. The smallest absolute Gasteiger partial charge is 0.338 e. The van der Waals surface area contributed by atoms with Crippen LogP contribution in [-0.4, -0.2) is 24.6 Å².